The van der Waals surface area contributed by atoms with Crippen LogP contribution in [-0.2, 0) is 4.79 Å². The maximum absolute atomic E-state index is 11.2. The summed E-state index contributed by atoms with van der Waals surface area (Å²) < 4.78 is 0. The fourth-order valence-corrected chi connectivity index (χ4v) is 2.06. The first-order valence-corrected chi connectivity index (χ1v) is 4.62. The van der Waals surface area contributed by atoms with E-state index >= 15 is 0 Å². The Morgan fingerprint density at radius 3 is 2.31 bits per heavy atom. The molecule has 1 rings (SSSR count). The molecule has 1 aliphatic rings. The van der Waals surface area contributed by atoms with Gasteiger partial charge in [0, 0.05) is 0 Å². The molecule has 1 saturated carbocycles. The summed E-state index contributed by atoms with van der Waals surface area (Å²) in [6.45, 7) is 3.67. The fraction of sp³-hybridized carbons (Fsp3) is 0.700. The molecule has 0 aromatic rings. The van der Waals surface area contributed by atoms with Crippen LogP contribution in [0.2, 0.25) is 0 Å². The van der Waals surface area contributed by atoms with Crippen molar-refractivity contribution in [3.8, 4) is 0 Å². The summed E-state index contributed by atoms with van der Waals surface area (Å²) in [6.07, 6.45) is 7.99. The van der Waals surface area contributed by atoms with Crippen LogP contribution in [0.4, 0.5) is 0 Å². The quantitative estimate of drug-likeness (QED) is 0.510. The van der Waals surface area contributed by atoms with Gasteiger partial charge in [-0.05, 0) is 19.3 Å². The van der Waals surface area contributed by atoms with Gasteiger partial charge in [-0.3, -0.25) is 4.79 Å². The molecule has 0 atom stereocenters. The summed E-state index contributed by atoms with van der Waals surface area (Å²) in [5, 5.41) is 0. The molecule has 0 aromatic heterocycles. The molecule has 0 aliphatic heterocycles. The Balaban J connectivity index is 0.00000144. The van der Waals surface area contributed by atoms with E-state index in [2.05, 4.69) is 6.58 Å². The molecule has 0 unspecified atom stereocenters. The summed E-state index contributed by atoms with van der Waals surface area (Å²) in [4.78, 5) is 11.2. The number of hydrogen-bond donors (Lipinski definition) is 1. The zero-order valence-electron chi connectivity index (χ0n) is 7.51. The zero-order valence-corrected chi connectivity index (χ0v) is 7.51. The molecule has 13 heavy (non-hydrogen) atoms. The first-order chi connectivity index (χ1) is 5.71. The Labute approximate surface area is 92.1 Å². The molecule has 0 spiro atoms. The van der Waals surface area contributed by atoms with Crippen LogP contribution in [0.3, 0.4) is 0 Å². The second-order valence-electron chi connectivity index (χ2n) is 3.70. The van der Waals surface area contributed by atoms with E-state index in [1.807, 2.05) is 6.08 Å². The molecule has 2 nitrogen and oxygen atoms in total. The molecule has 70 valence electrons. The molecule has 0 heterocycles. The Hall–Kier alpha value is -0.193. The van der Waals surface area contributed by atoms with Crippen molar-refractivity contribution in [2.45, 2.75) is 38.5 Å². The molecular formula is C10H18LiNO. The number of amides is 1. The Kier molecular flexibility index (Phi) is 5.44. The third-order valence-corrected chi connectivity index (χ3v) is 2.87. The zero-order chi connectivity index (χ0) is 9.03. The van der Waals surface area contributed by atoms with Crippen molar-refractivity contribution in [2.75, 3.05) is 0 Å². The van der Waals surface area contributed by atoms with Crippen molar-refractivity contribution in [3.05, 3.63) is 12.7 Å². The number of hydrogen-bond acceptors (Lipinski definition) is 1. The van der Waals surface area contributed by atoms with Gasteiger partial charge in [0.1, 0.15) is 0 Å². The first kappa shape index (κ1) is 12.8. The monoisotopic (exact) mass is 175 g/mol. The molecule has 0 saturated heterocycles. The number of carbonyl (C=O) groups excluding carboxylic acids is 1. The van der Waals surface area contributed by atoms with E-state index < -0.39 is 0 Å². The standard InChI is InChI=1S/C10H17NO.Li.H/c1-2-6-10(9(11)12)7-4-3-5-8-10;;/h2H,1,3-8H2,(H2,11,12);;. The van der Waals surface area contributed by atoms with Gasteiger partial charge in [-0.25, -0.2) is 0 Å². The van der Waals surface area contributed by atoms with Crippen molar-refractivity contribution < 1.29 is 4.79 Å². The molecule has 0 bridgehead atoms. The van der Waals surface area contributed by atoms with Crippen LogP contribution in [0.1, 0.15) is 38.5 Å². The molecule has 1 aliphatic carbocycles. The average Bonchev–Trinajstić information content (AvgIpc) is 2.06. The Morgan fingerprint density at radius 2 is 1.92 bits per heavy atom. The molecular weight excluding hydrogens is 157 g/mol. The van der Waals surface area contributed by atoms with Crippen LogP contribution >= 0.6 is 0 Å². The van der Waals surface area contributed by atoms with Crippen LogP contribution in [0.25, 0.3) is 0 Å². The fourth-order valence-electron chi connectivity index (χ4n) is 2.06. The van der Waals surface area contributed by atoms with Crippen LogP contribution in [0.5, 0.6) is 0 Å². The normalized spacial score (nSPS) is 20.0. The first-order valence-electron chi connectivity index (χ1n) is 4.62. The molecule has 2 N–H and O–H groups in total. The van der Waals surface area contributed by atoms with Crippen molar-refractivity contribution in [3.63, 3.8) is 0 Å². The second kappa shape index (κ2) is 5.52. The minimum atomic E-state index is -0.250. The third kappa shape index (κ3) is 2.89. The van der Waals surface area contributed by atoms with Crippen molar-refractivity contribution in [2.24, 2.45) is 11.1 Å². The maximum atomic E-state index is 11.2. The molecule has 0 radical (unpaired) electrons. The molecule has 1 amide bonds. The number of rotatable bonds is 3. The number of carbonyl (C=O) groups is 1. The SMILES string of the molecule is C=CCC1(C(N)=O)CCCCC1.[LiH]. The summed E-state index contributed by atoms with van der Waals surface area (Å²) in [5.74, 6) is -0.137. The second-order valence-corrected chi connectivity index (χ2v) is 3.70. The number of nitrogens with two attached hydrogens (primary N) is 1. The third-order valence-electron chi connectivity index (χ3n) is 2.87. The van der Waals surface area contributed by atoms with Crippen molar-refractivity contribution in [1.82, 2.24) is 0 Å². The summed E-state index contributed by atoms with van der Waals surface area (Å²) in [6, 6.07) is 0. The van der Waals surface area contributed by atoms with E-state index in [4.69, 9.17) is 5.73 Å². The van der Waals surface area contributed by atoms with Gasteiger partial charge in [0.05, 0.1) is 5.41 Å². The van der Waals surface area contributed by atoms with Gasteiger partial charge in [-0.15, -0.1) is 6.58 Å². The molecule has 0 aromatic carbocycles. The van der Waals surface area contributed by atoms with E-state index in [-0.39, 0.29) is 30.2 Å². The van der Waals surface area contributed by atoms with E-state index in [0.717, 1.165) is 32.1 Å². The van der Waals surface area contributed by atoms with E-state index in [1.165, 1.54) is 6.42 Å². The molecule has 1 fully saturated rings. The van der Waals surface area contributed by atoms with Gasteiger partial charge in [0.15, 0.2) is 0 Å². The van der Waals surface area contributed by atoms with E-state index in [0.29, 0.717) is 0 Å². The number of primary amides is 1. The van der Waals surface area contributed by atoms with Gasteiger partial charge in [0.25, 0.3) is 0 Å². The Morgan fingerprint density at radius 1 is 1.38 bits per heavy atom. The summed E-state index contributed by atoms with van der Waals surface area (Å²) >= 11 is 0. The van der Waals surface area contributed by atoms with Crippen molar-refractivity contribution >= 4 is 24.8 Å². The predicted molar refractivity (Wildman–Crippen MR) is 56.7 cm³/mol. The van der Waals surface area contributed by atoms with Gasteiger partial charge < -0.3 is 5.73 Å². The van der Waals surface area contributed by atoms with Crippen LogP contribution < -0.4 is 5.73 Å². The van der Waals surface area contributed by atoms with Gasteiger partial charge >= 0.3 is 18.9 Å². The average molecular weight is 175 g/mol. The van der Waals surface area contributed by atoms with E-state index in [1.54, 1.807) is 0 Å². The topological polar surface area (TPSA) is 43.1 Å². The Bertz CT molecular complexity index is 185. The van der Waals surface area contributed by atoms with Gasteiger partial charge in [-0.2, -0.15) is 0 Å². The van der Waals surface area contributed by atoms with Gasteiger partial charge in [-0.1, -0.05) is 25.3 Å². The predicted octanol–water partition coefficient (Wildman–Crippen LogP) is 1.35. The summed E-state index contributed by atoms with van der Waals surface area (Å²) in [5.41, 5.74) is 5.15. The number of allylic oxidation sites excluding steroid dienone is 1. The minimum absolute atomic E-state index is 0. The van der Waals surface area contributed by atoms with Crippen LogP contribution in [0.15, 0.2) is 12.7 Å². The van der Waals surface area contributed by atoms with Gasteiger partial charge in [0.2, 0.25) is 5.91 Å². The van der Waals surface area contributed by atoms with Crippen molar-refractivity contribution in [1.29, 1.82) is 0 Å². The van der Waals surface area contributed by atoms with Crippen LogP contribution in [0, 0.1) is 5.41 Å². The van der Waals surface area contributed by atoms with E-state index in [9.17, 15) is 4.79 Å². The summed E-state index contributed by atoms with van der Waals surface area (Å²) in [7, 11) is 0. The molecule has 3 heteroatoms. The van der Waals surface area contributed by atoms with Crippen LogP contribution in [-0.4, -0.2) is 24.8 Å².